The summed E-state index contributed by atoms with van der Waals surface area (Å²) in [6.45, 7) is 1.31. The molecule has 0 bridgehead atoms. The van der Waals surface area contributed by atoms with Crippen molar-refractivity contribution < 1.29 is 14.3 Å². The van der Waals surface area contributed by atoms with Crippen molar-refractivity contribution in [3.05, 3.63) is 46.9 Å². The van der Waals surface area contributed by atoms with Crippen LogP contribution in [0, 0.1) is 0 Å². The van der Waals surface area contributed by atoms with Gasteiger partial charge in [-0.15, -0.1) is 5.10 Å². The van der Waals surface area contributed by atoms with Gasteiger partial charge in [0.2, 0.25) is 0 Å². The molecule has 8 nitrogen and oxygen atoms in total. The largest absolute Gasteiger partial charge is 0.486 e. The molecular weight excluding hydrogens is 342 g/mol. The SMILES string of the molecule is O=C(NCc1cn(-c2ccsc2)nn1)Nc1ccc2c(c1)OCCO2. The molecule has 1 aliphatic heterocycles. The van der Waals surface area contributed by atoms with Crippen molar-refractivity contribution in [3.63, 3.8) is 0 Å². The molecule has 0 fully saturated rings. The number of hydrogen-bond acceptors (Lipinski definition) is 6. The number of fused-ring (bicyclic) bond motifs is 1. The lowest BCUT2D eigenvalue weighted by molar-refractivity contribution is 0.171. The van der Waals surface area contributed by atoms with E-state index in [0.717, 1.165) is 5.69 Å². The normalized spacial score (nSPS) is 12.6. The highest BCUT2D eigenvalue weighted by Crippen LogP contribution is 2.32. The molecule has 2 aromatic heterocycles. The molecular formula is C16H15N5O3S. The fourth-order valence-electron chi connectivity index (χ4n) is 2.36. The maximum Gasteiger partial charge on any atom is 0.319 e. The quantitative estimate of drug-likeness (QED) is 0.748. The summed E-state index contributed by atoms with van der Waals surface area (Å²) >= 11 is 1.59. The van der Waals surface area contributed by atoms with E-state index in [9.17, 15) is 4.79 Å². The number of ether oxygens (including phenoxy) is 2. The first kappa shape index (κ1) is 15.5. The second-order valence-electron chi connectivity index (χ2n) is 5.30. The van der Waals surface area contributed by atoms with Gasteiger partial charge in [-0.3, -0.25) is 0 Å². The van der Waals surface area contributed by atoms with Crippen molar-refractivity contribution >= 4 is 23.1 Å². The lowest BCUT2D eigenvalue weighted by atomic mass is 10.2. The van der Waals surface area contributed by atoms with Gasteiger partial charge in [0.05, 0.1) is 18.4 Å². The van der Waals surface area contributed by atoms with Crippen LogP contribution in [-0.4, -0.2) is 34.2 Å². The minimum Gasteiger partial charge on any atom is -0.486 e. The summed E-state index contributed by atoms with van der Waals surface area (Å²) in [5.74, 6) is 1.31. The Morgan fingerprint density at radius 1 is 1.24 bits per heavy atom. The molecule has 0 aliphatic carbocycles. The van der Waals surface area contributed by atoms with Gasteiger partial charge in [0.25, 0.3) is 0 Å². The number of nitrogens with zero attached hydrogens (tertiary/aromatic N) is 3. The number of hydrogen-bond donors (Lipinski definition) is 2. The molecule has 3 aromatic rings. The smallest absolute Gasteiger partial charge is 0.319 e. The maximum absolute atomic E-state index is 12.0. The number of aromatic nitrogens is 3. The van der Waals surface area contributed by atoms with Crippen molar-refractivity contribution in [1.29, 1.82) is 0 Å². The van der Waals surface area contributed by atoms with Crippen LogP contribution in [0.15, 0.2) is 41.2 Å². The van der Waals surface area contributed by atoms with Crippen molar-refractivity contribution in [2.75, 3.05) is 18.5 Å². The van der Waals surface area contributed by atoms with E-state index in [-0.39, 0.29) is 12.6 Å². The van der Waals surface area contributed by atoms with Gasteiger partial charge in [-0.2, -0.15) is 11.3 Å². The third-order valence-corrected chi connectivity index (χ3v) is 4.21. The van der Waals surface area contributed by atoms with Crippen molar-refractivity contribution in [2.24, 2.45) is 0 Å². The van der Waals surface area contributed by atoms with E-state index in [0.29, 0.717) is 36.1 Å². The van der Waals surface area contributed by atoms with Crippen LogP contribution < -0.4 is 20.1 Å². The van der Waals surface area contributed by atoms with Crippen LogP contribution in [-0.2, 0) is 6.54 Å². The average Bonchev–Trinajstić information content (AvgIpc) is 3.31. The minimum atomic E-state index is -0.332. The highest BCUT2D eigenvalue weighted by atomic mass is 32.1. The number of nitrogens with one attached hydrogen (secondary N) is 2. The van der Waals surface area contributed by atoms with Gasteiger partial charge < -0.3 is 20.1 Å². The molecule has 0 atom stereocenters. The number of rotatable bonds is 4. The van der Waals surface area contributed by atoms with Crippen LogP contribution in [0.5, 0.6) is 11.5 Å². The average molecular weight is 357 g/mol. The zero-order valence-electron chi connectivity index (χ0n) is 13.1. The van der Waals surface area contributed by atoms with Gasteiger partial charge in [0.1, 0.15) is 18.9 Å². The molecule has 0 saturated carbocycles. The first-order valence-electron chi connectivity index (χ1n) is 7.66. The molecule has 128 valence electrons. The molecule has 0 spiro atoms. The maximum atomic E-state index is 12.0. The molecule has 25 heavy (non-hydrogen) atoms. The summed E-state index contributed by atoms with van der Waals surface area (Å²) in [5, 5.41) is 17.5. The topological polar surface area (TPSA) is 90.3 Å². The van der Waals surface area contributed by atoms with E-state index in [1.807, 2.05) is 16.8 Å². The fourth-order valence-corrected chi connectivity index (χ4v) is 2.98. The number of carbonyl (C=O) groups excluding carboxylic acids is 1. The predicted octanol–water partition coefficient (Wildman–Crippen LogP) is 2.42. The summed E-state index contributed by atoms with van der Waals surface area (Å²) in [6, 6.07) is 6.89. The third-order valence-electron chi connectivity index (χ3n) is 3.54. The van der Waals surface area contributed by atoms with Gasteiger partial charge >= 0.3 is 6.03 Å². The van der Waals surface area contributed by atoms with Gasteiger partial charge in [0, 0.05) is 17.1 Å². The van der Waals surface area contributed by atoms with Gasteiger partial charge in [0.15, 0.2) is 11.5 Å². The predicted molar refractivity (Wildman–Crippen MR) is 92.5 cm³/mol. The summed E-state index contributed by atoms with van der Waals surface area (Å²) in [4.78, 5) is 12.0. The lowest BCUT2D eigenvalue weighted by Gasteiger charge is -2.19. The zero-order valence-corrected chi connectivity index (χ0v) is 14.0. The summed E-state index contributed by atoms with van der Waals surface area (Å²) < 4.78 is 12.6. The van der Waals surface area contributed by atoms with E-state index in [4.69, 9.17) is 9.47 Å². The molecule has 9 heteroatoms. The Morgan fingerprint density at radius 2 is 2.12 bits per heavy atom. The minimum absolute atomic E-state index is 0.278. The van der Waals surface area contributed by atoms with Crippen LogP contribution in [0.4, 0.5) is 10.5 Å². The van der Waals surface area contributed by atoms with E-state index in [1.165, 1.54) is 0 Å². The Labute approximate surface area is 147 Å². The number of amides is 2. The molecule has 2 amide bonds. The molecule has 0 unspecified atom stereocenters. The second kappa shape index (κ2) is 6.81. The molecule has 1 aliphatic rings. The Bertz CT molecular complexity index is 878. The van der Waals surface area contributed by atoms with Gasteiger partial charge in [-0.25, -0.2) is 9.48 Å². The van der Waals surface area contributed by atoms with Crippen LogP contribution >= 0.6 is 11.3 Å². The first-order chi connectivity index (χ1) is 12.3. The molecule has 0 saturated heterocycles. The van der Waals surface area contributed by atoms with Crippen LogP contribution in [0.25, 0.3) is 5.69 Å². The number of thiophene rings is 1. The number of anilines is 1. The van der Waals surface area contributed by atoms with Crippen LogP contribution in [0.2, 0.25) is 0 Å². The number of benzene rings is 1. The third kappa shape index (κ3) is 3.56. The van der Waals surface area contributed by atoms with E-state index >= 15 is 0 Å². The molecule has 1 aromatic carbocycles. The van der Waals surface area contributed by atoms with Crippen LogP contribution in [0.1, 0.15) is 5.69 Å². The molecule has 4 rings (SSSR count). The molecule has 3 heterocycles. The van der Waals surface area contributed by atoms with Gasteiger partial charge in [-0.05, 0) is 23.6 Å². The Kier molecular flexibility index (Phi) is 4.21. The standard InChI is InChI=1S/C16H15N5O3S/c22-16(18-11-1-2-14-15(7-11)24-5-4-23-14)17-8-12-9-21(20-19-12)13-3-6-25-10-13/h1-3,6-7,9-10H,4-5,8H2,(H2,17,18,22). The monoisotopic (exact) mass is 357 g/mol. The number of carbonyl (C=O) groups is 1. The molecule has 0 radical (unpaired) electrons. The first-order valence-corrected chi connectivity index (χ1v) is 8.60. The number of urea groups is 1. The Balaban J connectivity index is 1.33. The van der Waals surface area contributed by atoms with E-state index < -0.39 is 0 Å². The summed E-state index contributed by atoms with van der Waals surface area (Å²) in [7, 11) is 0. The lowest BCUT2D eigenvalue weighted by Crippen LogP contribution is -2.28. The van der Waals surface area contributed by atoms with Crippen molar-refractivity contribution in [1.82, 2.24) is 20.3 Å². The van der Waals surface area contributed by atoms with Gasteiger partial charge in [-0.1, -0.05) is 5.21 Å². The summed E-state index contributed by atoms with van der Waals surface area (Å²) in [6.07, 6.45) is 1.78. The Morgan fingerprint density at radius 3 is 2.96 bits per heavy atom. The highest BCUT2D eigenvalue weighted by Gasteiger charge is 2.13. The van der Waals surface area contributed by atoms with E-state index in [2.05, 4.69) is 20.9 Å². The Hall–Kier alpha value is -3.07. The van der Waals surface area contributed by atoms with Crippen molar-refractivity contribution in [2.45, 2.75) is 6.54 Å². The zero-order chi connectivity index (χ0) is 17.1. The van der Waals surface area contributed by atoms with Crippen LogP contribution in [0.3, 0.4) is 0 Å². The highest BCUT2D eigenvalue weighted by molar-refractivity contribution is 7.08. The van der Waals surface area contributed by atoms with E-state index in [1.54, 1.807) is 40.4 Å². The fraction of sp³-hybridized carbons (Fsp3) is 0.188. The van der Waals surface area contributed by atoms with Crippen molar-refractivity contribution in [3.8, 4) is 17.2 Å². The summed E-state index contributed by atoms with van der Waals surface area (Å²) in [5.41, 5.74) is 2.25. The molecule has 2 N–H and O–H groups in total. The second-order valence-corrected chi connectivity index (χ2v) is 6.08.